The molecule has 108 valence electrons. The first-order chi connectivity index (χ1) is 9.56. The lowest BCUT2D eigenvalue weighted by atomic mass is 10.2. The number of hydrogen-bond donors (Lipinski definition) is 3. The van der Waals surface area contributed by atoms with Crippen LogP contribution < -0.4 is 10.6 Å². The highest BCUT2D eigenvalue weighted by molar-refractivity contribution is 5.88. The van der Waals surface area contributed by atoms with E-state index in [1.54, 1.807) is 6.92 Å². The predicted octanol–water partition coefficient (Wildman–Crippen LogP) is 0.954. The smallest absolute Gasteiger partial charge is 0.339 e. The number of carboxylic acids is 1. The molecule has 1 amide bonds. The summed E-state index contributed by atoms with van der Waals surface area (Å²) in [6.45, 7) is 2.20. The van der Waals surface area contributed by atoms with Crippen LogP contribution in [0.2, 0.25) is 0 Å². The molecule has 1 heterocycles. The minimum Gasteiger partial charge on any atom is -0.478 e. The van der Waals surface area contributed by atoms with E-state index in [9.17, 15) is 9.59 Å². The van der Waals surface area contributed by atoms with Gasteiger partial charge in [0.05, 0.1) is 11.3 Å². The first-order valence-electron chi connectivity index (χ1n) is 6.66. The van der Waals surface area contributed by atoms with E-state index in [1.165, 1.54) is 6.20 Å². The molecule has 7 nitrogen and oxygen atoms in total. The average Bonchev–Trinajstić information content (AvgIpc) is 3.18. The second-order valence-electron chi connectivity index (χ2n) is 4.87. The van der Waals surface area contributed by atoms with Crippen LogP contribution in [0, 0.1) is 6.92 Å². The average molecular weight is 278 g/mol. The highest BCUT2D eigenvalue weighted by atomic mass is 16.4. The van der Waals surface area contributed by atoms with Crippen LogP contribution in [0.4, 0.5) is 5.95 Å². The molecule has 0 aromatic carbocycles. The van der Waals surface area contributed by atoms with Crippen molar-refractivity contribution in [2.24, 2.45) is 0 Å². The fourth-order valence-corrected chi connectivity index (χ4v) is 1.74. The molecule has 1 saturated carbocycles. The van der Waals surface area contributed by atoms with Crippen LogP contribution in [0.5, 0.6) is 0 Å². The molecule has 7 heteroatoms. The van der Waals surface area contributed by atoms with E-state index in [4.69, 9.17) is 5.11 Å². The number of nitrogens with one attached hydrogen (secondary N) is 2. The van der Waals surface area contributed by atoms with Gasteiger partial charge in [0.2, 0.25) is 11.9 Å². The Labute approximate surface area is 116 Å². The predicted molar refractivity (Wildman–Crippen MR) is 72.6 cm³/mol. The number of aromatic nitrogens is 2. The number of amides is 1. The van der Waals surface area contributed by atoms with Gasteiger partial charge in [0, 0.05) is 25.2 Å². The number of carboxylic acid groups (broad SMARTS) is 1. The maximum atomic E-state index is 11.4. The minimum atomic E-state index is -1.04. The highest BCUT2D eigenvalue weighted by Crippen LogP contribution is 2.18. The molecule has 3 N–H and O–H groups in total. The summed E-state index contributed by atoms with van der Waals surface area (Å²) in [4.78, 5) is 30.3. The molecule has 0 saturated heterocycles. The molecule has 0 spiro atoms. The summed E-state index contributed by atoms with van der Waals surface area (Å²) in [6, 6.07) is 0.394. The molecule has 0 radical (unpaired) electrons. The second-order valence-corrected chi connectivity index (χ2v) is 4.87. The number of carbonyl (C=O) groups is 2. The largest absolute Gasteiger partial charge is 0.478 e. The van der Waals surface area contributed by atoms with Gasteiger partial charge in [-0.1, -0.05) is 0 Å². The molecule has 1 aliphatic rings. The third kappa shape index (κ3) is 4.18. The Bertz CT molecular complexity index is 514. The molecule has 0 bridgehead atoms. The van der Waals surface area contributed by atoms with E-state index in [0.717, 1.165) is 12.8 Å². The number of hydrogen-bond acceptors (Lipinski definition) is 5. The van der Waals surface area contributed by atoms with Crippen molar-refractivity contribution < 1.29 is 14.7 Å². The lowest BCUT2D eigenvalue weighted by molar-refractivity contribution is -0.121. The van der Waals surface area contributed by atoms with Crippen LogP contribution in [0.3, 0.4) is 0 Å². The fourth-order valence-electron chi connectivity index (χ4n) is 1.74. The Morgan fingerprint density at radius 3 is 2.80 bits per heavy atom. The Hall–Kier alpha value is -2.18. The minimum absolute atomic E-state index is 0.0765. The van der Waals surface area contributed by atoms with Gasteiger partial charge >= 0.3 is 5.97 Å². The number of aryl methyl sites for hydroxylation is 1. The van der Waals surface area contributed by atoms with E-state index < -0.39 is 5.97 Å². The van der Waals surface area contributed by atoms with Gasteiger partial charge in [-0.2, -0.15) is 0 Å². The maximum Gasteiger partial charge on any atom is 0.339 e. The van der Waals surface area contributed by atoms with Crippen molar-refractivity contribution in [3.05, 3.63) is 17.5 Å². The van der Waals surface area contributed by atoms with Gasteiger partial charge < -0.3 is 15.7 Å². The van der Waals surface area contributed by atoms with Crippen LogP contribution in [-0.4, -0.2) is 39.5 Å². The number of carbonyl (C=O) groups excluding carboxylic acids is 1. The molecular weight excluding hydrogens is 260 g/mol. The number of anilines is 1. The van der Waals surface area contributed by atoms with Crippen molar-refractivity contribution in [2.75, 3.05) is 11.9 Å². The molecule has 1 aliphatic carbocycles. The van der Waals surface area contributed by atoms with Crippen molar-refractivity contribution in [1.29, 1.82) is 0 Å². The number of rotatable bonds is 7. The van der Waals surface area contributed by atoms with Crippen molar-refractivity contribution in [2.45, 2.75) is 38.6 Å². The number of aromatic carboxylic acids is 1. The van der Waals surface area contributed by atoms with Gasteiger partial charge in [0.1, 0.15) is 0 Å². The Kier molecular flexibility index (Phi) is 4.49. The summed E-state index contributed by atoms with van der Waals surface area (Å²) in [7, 11) is 0. The molecule has 1 fully saturated rings. The van der Waals surface area contributed by atoms with E-state index in [-0.39, 0.29) is 11.5 Å². The summed E-state index contributed by atoms with van der Waals surface area (Å²) in [5.74, 6) is -0.575. The SMILES string of the molecule is Cc1nc(NCCCC(=O)NC2CC2)ncc1C(=O)O. The second kappa shape index (κ2) is 6.31. The van der Waals surface area contributed by atoms with Crippen molar-refractivity contribution >= 4 is 17.8 Å². The van der Waals surface area contributed by atoms with Gasteiger partial charge in [0.15, 0.2) is 0 Å². The first-order valence-corrected chi connectivity index (χ1v) is 6.66. The van der Waals surface area contributed by atoms with E-state index in [1.807, 2.05) is 0 Å². The molecule has 2 rings (SSSR count). The van der Waals surface area contributed by atoms with Gasteiger partial charge in [-0.3, -0.25) is 4.79 Å². The Morgan fingerprint density at radius 2 is 2.20 bits per heavy atom. The Balaban J connectivity index is 1.72. The summed E-state index contributed by atoms with van der Waals surface area (Å²) in [5.41, 5.74) is 0.515. The van der Waals surface area contributed by atoms with Crippen molar-refractivity contribution in [1.82, 2.24) is 15.3 Å². The van der Waals surface area contributed by atoms with Gasteiger partial charge in [-0.25, -0.2) is 14.8 Å². The van der Waals surface area contributed by atoms with Crippen LogP contribution in [0.15, 0.2) is 6.20 Å². The van der Waals surface area contributed by atoms with Crippen LogP contribution in [0.1, 0.15) is 41.7 Å². The summed E-state index contributed by atoms with van der Waals surface area (Å²) in [6.07, 6.45) is 4.62. The lowest BCUT2D eigenvalue weighted by Gasteiger charge is -2.07. The van der Waals surface area contributed by atoms with Crippen molar-refractivity contribution in [3.8, 4) is 0 Å². The Morgan fingerprint density at radius 1 is 1.45 bits per heavy atom. The molecule has 0 atom stereocenters. The van der Waals surface area contributed by atoms with Crippen LogP contribution in [0.25, 0.3) is 0 Å². The molecular formula is C13H18N4O3. The van der Waals surface area contributed by atoms with Gasteiger partial charge in [-0.15, -0.1) is 0 Å². The standard InChI is InChI=1S/C13H18N4O3/c1-8-10(12(19)20)7-15-13(16-8)14-6-2-3-11(18)17-9-4-5-9/h7,9H,2-6H2,1H3,(H,17,18)(H,19,20)(H,14,15,16). The van der Waals surface area contributed by atoms with Crippen molar-refractivity contribution in [3.63, 3.8) is 0 Å². The van der Waals surface area contributed by atoms with Crippen LogP contribution in [-0.2, 0) is 4.79 Å². The third-order valence-electron chi connectivity index (χ3n) is 3.02. The highest BCUT2D eigenvalue weighted by Gasteiger charge is 2.22. The zero-order valence-electron chi connectivity index (χ0n) is 11.3. The molecule has 20 heavy (non-hydrogen) atoms. The quantitative estimate of drug-likeness (QED) is 0.642. The lowest BCUT2D eigenvalue weighted by Crippen LogP contribution is -2.25. The van der Waals surface area contributed by atoms with E-state index in [0.29, 0.717) is 37.1 Å². The van der Waals surface area contributed by atoms with E-state index >= 15 is 0 Å². The third-order valence-corrected chi connectivity index (χ3v) is 3.02. The first kappa shape index (κ1) is 14.2. The molecule has 0 unspecified atom stereocenters. The van der Waals surface area contributed by atoms with Gasteiger partial charge in [0.25, 0.3) is 0 Å². The summed E-state index contributed by atoms with van der Waals surface area (Å²) < 4.78 is 0. The molecule has 1 aromatic heterocycles. The fraction of sp³-hybridized carbons (Fsp3) is 0.538. The summed E-state index contributed by atoms with van der Waals surface area (Å²) in [5, 5.41) is 14.8. The summed E-state index contributed by atoms with van der Waals surface area (Å²) >= 11 is 0. The molecule has 1 aromatic rings. The number of nitrogens with zero attached hydrogens (tertiary/aromatic N) is 2. The normalized spacial score (nSPS) is 13.8. The zero-order valence-corrected chi connectivity index (χ0v) is 11.3. The van der Waals surface area contributed by atoms with Crippen LogP contribution >= 0.6 is 0 Å². The molecule has 0 aliphatic heterocycles. The van der Waals surface area contributed by atoms with Gasteiger partial charge in [-0.05, 0) is 26.2 Å². The maximum absolute atomic E-state index is 11.4. The monoisotopic (exact) mass is 278 g/mol. The van der Waals surface area contributed by atoms with E-state index in [2.05, 4.69) is 20.6 Å². The zero-order chi connectivity index (χ0) is 14.5. The topological polar surface area (TPSA) is 104 Å².